The number of hydrogen-bond acceptors (Lipinski definition) is 3. The minimum absolute atomic E-state index is 0.205. The monoisotopic (exact) mass is 553 g/mol. The standard InChI is InChI=1S/C35H31N5O2/c1-24(26-15-7-3-8-16-26)37-34(42)38-31-23-30-32(25(2)36-31)33(41)39-40(30)35(27-17-9-4-10-18-27,28-19-11-5-12-20-28)29-21-13-6-14-22-29/h3-24H,1-2H3,(H,39,41)(H2,36,37,38,42). The van der Waals surface area contributed by atoms with Gasteiger partial charge in [0.1, 0.15) is 11.4 Å². The second-order valence-electron chi connectivity index (χ2n) is 10.3. The highest BCUT2D eigenvalue weighted by atomic mass is 16.2. The summed E-state index contributed by atoms with van der Waals surface area (Å²) in [7, 11) is 0. The van der Waals surface area contributed by atoms with E-state index in [2.05, 4.69) is 57.1 Å². The predicted molar refractivity (Wildman–Crippen MR) is 167 cm³/mol. The number of amides is 2. The van der Waals surface area contributed by atoms with Crippen molar-refractivity contribution in [2.75, 3.05) is 5.32 Å². The van der Waals surface area contributed by atoms with Gasteiger partial charge in [-0.3, -0.25) is 19.9 Å². The molecule has 7 nitrogen and oxygen atoms in total. The Morgan fingerprint density at radius 1 is 0.786 bits per heavy atom. The number of rotatable bonds is 7. The number of nitrogens with one attached hydrogen (secondary N) is 3. The lowest BCUT2D eigenvalue weighted by molar-refractivity contribution is 0.249. The van der Waals surface area contributed by atoms with E-state index in [1.165, 1.54) is 0 Å². The van der Waals surface area contributed by atoms with Crippen molar-refractivity contribution < 1.29 is 4.79 Å². The van der Waals surface area contributed by atoms with E-state index in [4.69, 9.17) is 0 Å². The lowest BCUT2D eigenvalue weighted by atomic mass is 9.77. The lowest BCUT2D eigenvalue weighted by Crippen LogP contribution is -2.39. The Morgan fingerprint density at radius 2 is 1.26 bits per heavy atom. The number of H-pyrrole nitrogens is 1. The lowest BCUT2D eigenvalue weighted by Gasteiger charge is -2.37. The van der Waals surface area contributed by atoms with Gasteiger partial charge in [0, 0.05) is 6.07 Å². The molecule has 1 atom stereocenters. The number of carbonyl (C=O) groups is 1. The molecule has 42 heavy (non-hydrogen) atoms. The van der Waals surface area contributed by atoms with E-state index >= 15 is 0 Å². The topological polar surface area (TPSA) is 91.8 Å². The van der Waals surface area contributed by atoms with E-state index in [9.17, 15) is 9.59 Å². The molecule has 0 aliphatic rings. The first-order valence-electron chi connectivity index (χ1n) is 13.9. The zero-order valence-electron chi connectivity index (χ0n) is 23.4. The maximum atomic E-state index is 13.6. The number of carbonyl (C=O) groups excluding carboxylic acids is 1. The molecule has 6 rings (SSSR count). The summed E-state index contributed by atoms with van der Waals surface area (Å²) in [5.74, 6) is 0.341. The molecule has 2 heterocycles. The first kappa shape index (κ1) is 26.8. The largest absolute Gasteiger partial charge is 0.331 e. The van der Waals surface area contributed by atoms with E-state index in [1.807, 2.05) is 96.5 Å². The number of benzene rings is 4. The molecule has 4 aromatic carbocycles. The molecule has 3 N–H and O–H groups in total. The Morgan fingerprint density at radius 3 is 1.76 bits per heavy atom. The van der Waals surface area contributed by atoms with E-state index in [0.717, 1.165) is 22.3 Å². The highest BCUT2D eigenvalue weighted by molar-refractivity contribution is 5.92. The molecule has 0 saturated heterocycles. The number of aromatic amines is 1. The van der Waals surface area contributed by atoms with Crippen LogP contribution in [0, 0.1) is 6.92 Å². The normalized spacial score (nSPS) is 12.1. The molecule has 0 fully saturated rings. The van der Waals surface area contributed by atoms with Gasteiger partial charge in [-0.15, -0.1) is 0 Å². The maximum absolute atomic E-state index is 13.6. The van der Waals surface area contributed by atoms with Crippen LogP contribution in [0.3, 0.4) is 0 Å². The van der Waals surface area contributed by atoms with Gasteiger partial charge in [0.2, 0.25) is 0 Å². The average Bonchev–Trinajstić information content (AvgIpc) is 3.36. The van der Waals surface area contributed by atoms with E-state index in [1.54, 1.807) is 13.0 Å². The average molecular weight is 554 g/mol. The molecular weight excluding hydrogens is 522 g/mol. The number of hydrogen-bond donors (Lipinski definition) is 3. The number of fused-ring (bicyclic) bond motifs is 1. The van der Waals surface area contributed by atoms with Crippen molar-refractivity contribution in [1.82, 2.24) is 20.1 Å². The molecule has 7 heteroatoms. The summed E-state index contributed by atoms with van der Waals surface area (Å²) in [5.41, 5.74) is 3.84. The summed E-state index contributed by atoms with van der Waals surface area (Å²) in [6, 6.07) is 41.2. The number of anilines is 1. The third-order valence-electron chi connectivity index (χ3n) is 7.66. The molecule has 208 valence electrons. The van der Waals surface area contributed by atoms with Crippen LogP contribution in [0.1, 0.15) is 40.9 Å². The quantitative estimate of drug-likeness (QED) is 0.191. The van der Waals surface area contributed by atoms with Gasteiger partial charge < -0.3 is 5.32 Å². The highest BCUT2D eigenvalue weighted by Crippen LogP contribution is 2.42. The van der Waals surface area contributed by atoms with Gasteiger partial charge in [-0.1, -0.05) is 121 Å². The van der Waals surface area contributed by atoms with Crippen LogP contribution in [0.4, 0.5) is 10.6 Å². The molecule has 0 aliphatic heterocycles. The number of aryl methyl sites for hydroxylation is 1. The molecule has 0 aliphatic carbocycles. The predicted octanol–water partition coefficient (Wildman–Crippen LogP) is 6.76. The van der Waals surface area contributed by atoms with Gasteiger partial charge in [-0.25, -0.2) is 9.78 Å². The van der Waals surface area contributed by atoms with Crippen molar-refractivity contribution in [1.29, 1.82) is 0 Å². The smallest absolute Gasteiger partial charge is 0.320 e. The first-order chi connectivity index (χ1) is 20.5. The van der Waals surface area contributed by atoms with Gasteiger partial charge in [0.25, 0.3) is 5.56 Å². The summed E-state index contributed by atoms with van der Waals surface area (Å²) >= 11 is 0. The minimum atomic E-state index is -0.931. The second-order valence-corrected chi connectivity index (χ2v) is 10.3. The Bertz CT molecular complexity index is 1790. The summed E-state index contributed by atoms with van der Waals surface area (Å²) in [6.07, 6.45) is 0. The molecule has 0 spiro atoms. The van der Waals surface area contributed by atoms with Gasteiger partial charge in [0.15, 0.2) is 0 Å². The Hall–Kier alpha value is -5.43. The Kier molecular flexibility index (Phi) is 7.15. The fourth-order valence-corrected chi connectivity index (χ4v) is 5.76. The van der Waals surface area contributed by atoms with E-state index < -0.39 is 5.54 Å². The maximum Gasteiger partial charge on any atom is 0.320 e. The molecule has 2 aromatic heterocycles. The van der Waals surface area contributed by atoms with Gasteiger partial charge in [-0.2, -0.15) is 0 Å². The number of pyridine rings is 1. The van der Waals surface area contributed by atoms with Crippen molar-refractivity contribution in [2.45, 2.75) is 25.4 Å². The summed E-state index contributed by atoms with van der Waals surface area (Å²) < 4.78 is 1.91. The van der Waals surface area contributed by atoms with Crippen LogP contribution in [0.25, 0.3) is 10.9 Å². The molecule has 1 unspecified atom stereocenters. The fraction of sp³-hybridized carbons (Fsp3) is 0.114. The molecule has 0 saturated carbocycles. The summed E-state index contributed by atoms with van der Waals surface area (Å²) in [5, 5.41) is 9.49. The third-order valence-corrected chi connectivity index (χ3v) is 7.66. The zero-order valence-corrected chi connectivity index (χ0v) is 23.4. The molecular formula is C35H31N5O2. The molecule has 6 aromatic rings. The van der Waals surface area contributed by atoms with Crippen LogP contribution in [0.5, 0.6) is 0 Å². The Balaban J connectivity index is 1.54. The van der Waals surface area contributed by atoms with Gasteiger partial charge in [0.05, 0.1) is 22.6 Å². The van der Waals surface area contributed by atoms with Crippen LogP contribution in [0.15, 0.2) is 132 Å². The number of aromatic nitrogens is 3. The second kappa shape index (κ2) is 11.2. The van der Waals surface area contributed by atoms with Crippen molar-refractivity contribution in [2.24, 2.45) is 0 Å². The van der Waals surface area contributed by atoms with Gasteiger partial charge in [-0.05, 0) is 36.1 Å². The van der Waals surface area contributed by atoms with Crippen LogP contribution < -0.4 is 16.2 Å². The van der Waals surface area contributed by atoms with Crippen molar-refractivity contribution in [3.63, 3.8) is 0 Å². The van der Waals surface area contributed by atoms with Crippen LogP contribution in [0.2, 0.25) is 0 Å². The number of nitrogens with zero attached hydrogens (tertiary/aromatic N) is 2. The zero-order chi connectivity index (χ0) is 29.1. The van der Waals surface area contributed by atoms with E-state index in [0.29, 0.717) is 22.4 Å². The third kappa shape index (κ3) is 4.75. The van der Waals surface area contributed by atoms with Crippen molar-refractivity contribution in [3.8, 4) is 0 Å². The Labute approximate surface area is 243 Å². The van der Waals surface area contributed by atoms with Crippen LogP contribution in [-0.2, 0) is 5.54 Å². The molecule has 0 bridgehead atoms. The highest BCUT2D eigenvalue weighted by Gasteiger charge is 2.40. The van der Waals surface area contributed by atoms with Gasteiger partial charge >= 0.3 is 6.03 Å². The van der Waals surface area contributed by atoms with Crippen LogP contribution >= 0.6 is 0 Å². The SMILES string of the molecule is Cc1nc(NC(=O)NC(C)c2ccccc2)cc2c1c(=O)[nH]n2C(c1ccccc1)(c1ccccc1)c1ccccc1. The van der Waals surface area contributed by atoms with Crippen LogP contribution in [-0.4, -0.2) is 20.8 Å². The molecule has 0 radical (unpaired) electrons. The summed E-state index contributed by atoms with van der Waals surface area (Å²) in [6.45, 7) is 3.71. The van der Waals surface area contributed by atoms with Crippen molar-refractivity contribution >= 4 is 22.8 Å². The first-order valence-corrected chi connectivity index (χ1v) is 13.9. The minimum Gasteiger partial charge on any atom is -0.331 e. The fourth-order valence-electron chi connectivity index (χ4n) is 5.76. The molecule has 2 amide bonds. The van der Waals surface area contributed by atoms with E-state index in [-0.39, 0.29) is 17.6 Å². The summed E-state index contributed by atoms with van der Waals surface area (Å²) in [4.78, 5) is 31.2. The number of urea groups is 1. The van der Waals surface area contributed by atoms with Crippen molar-refractivity contribution in [3.05, 3.63) is 166 Å².